The van der Waals surface area contributed by atoms with Crippen LogP contribution in [0.3, 0.4) is 0 Å². The van der Waals surface area contributed by atoms with Crippen molar-refractivity contribution in [1.29, 1.82) is 0 Å². The minimum Gasteiger partial charge on any atom is -0.524 e. The Morgan fingerprint density at radius 1 is 0.588 bits per heavy atom. The van der Waals surface area contributed by atoms with Crippen molar-refractivity contribution in [2.24, 2.45) is 0 Å². The molecule has 0 amide bonds. The summed E-state index contributed by atoms with van der Waals surface area (Å²) in [6.07, 6.45) is 10.4. The molecule has 0 fully saturated rings. The highest BCUT2D eigenvalue weighted by Gasteiger charge is 2.06. The van der Waals surface area contributed by atoms with Gasteiger partial charge in [0.05, 0.1) is 0 Å². The molecule has 1 heterocycles. The number of aryl methyl sites for hydroxylation is 2. The van der Waals surface area contributed by atoms with Crippen molar-refractivity contribution in [2.75, 3.05) is 0 Å². The van der Waals surface area contributed by atoms with Crippen molar-refractivity contribution in [2.45, 2.75) is 79.1 Å². The lowest BCUT2D eigenvalue weighted by Gasteiger charge is -2.12. The Labute approximate surface area is 109 Å². The summed E-state index contributed by atoms with van der Waals surface area (Å²) in [5, 5.41) is 3.50. The van der Waals surface area contributed by atoms with Gasteiger partial charge in [-0.1, -0.05) is 77.3 Å². The van der Waals surface area contributed by atoms with E-state index in [2.05, 4.69) is 27.7 Å². The summed E-state index contributed by atoms with van der Waals surface area (Å²) < 4.78 is 0. The van der Waals surface area contributed by atoms with Crippen LogP contribution in [-0.4, -0.2) is 0 Å². The van der Waals surface area contributed by atoms with Crippen molar-refractivity contribution in [3.05, 3.63) is 21.7 Å². The average Bonchev–Trinajstić information content (AvgIpc) is 2.61. The van der Waals surface area contributed by atoms with E-state index in [0.29, 0.717) is 0 Å². The topological polar surface area (TPSA) is 0 Å². The fourth-order valence-electron chi connectivity index (χ4n) is 2.62. The third-order valence-electron chi connectivity index (χ3n) is 3.30. The van der Waals surface area contributed by atoms with E-state index in [-0.39, 0.29) is 0 Å². The van der Waals surface area contributed by atoms with Gasteiger partial charge in [-0.3, -0.25) is 0 Å². The van der Waals surface area contributed by atoms with Crippen LogP contribution in [0.2, 0.25) is 0 Å². The second-order valence-corrected chi connectivity index (χ2v) is 6.27. The van der Waals surface area contributed by atoms with E-state index in [9.17, 15) is 0 Å². The summed E-state index contributed by atoms with van der Waals surface area (Å²) in [4.78, 5) is 0. The molecule has 0 nitrogen and oxygen atoms in total. The van der Waals surface area contributed by atoms with Gasteiger partial charge in [0.25, 0.3) is 0 Å². The molecule has 0 bridgehead atoms. The molecule has 0 aromatic carbocycles. The summed E-state index contributed by atoms with van der Waals surface area (Å²) in [7, 11) is 1.58. The molecule has 0 aliphatic rings. The summed E-state index contributed by atoms with van der Waals surface area (Å²) >= 11 is 0. The zero-order valence-electron chi connectivity index (χ0n) is 12.1. The first-order valence-corrected chi connectivity index (χ1v) is 8.33. The number of hydrogen-bond donors (Lipinski definition) is 0. The van der Waals surface area contributed by atoms with Gasteiger partial charge in [-0.15, -0.1) is 0 Å². The molecule has 0 unspecified atom stereocenters. The molecule has 0 saturated heterocycles. The highest BCUT2D eigenvalue weighted by Crippen LogP contribution is 2.36. The largest absolute Gasteiger partial charge is 0.524 e. The van der Waals surface area contributed by atoms with Crippen LogP contribution < -0.4 is 0 Å². The normalized spacial score (nSPS) is 11.1. The molecule has 17 heavy (non-hydrogen) atoms. The second-order valence-electron chi connectivity index (χ2n) is 4.96. The number of hydrogen-bond acceptors (Lipinski definition) is 0. The molecular weight excluding hydrogens is 223 g/mol. The minimum absolute atomic E-state index is 1.30. The molecule has 0 N–H and O–H groups in total. The van der Waals surface area contributed by atoms with Crippen molar-refractivity contribution in [3.63, 3.8) is 0 Å². The molecule has 0 aliphatic heterocycles. The van der Waals surface area contributed by atoms with E-state index in [0.717, 1.165) is 0 Å². The molecule has 1 aromatic heterocycles. The maximum Gasteiger partial charge on any atom is -0.0303 e. The monoisotopic (exact) mass is 251 g/mol. The molecule has 0 aliphatic carbocycles. The molecule has 0 spiro atoms. The van der Waals surface area contributed by atoms with Gasteiger partial charge in [0.15, 0.2) is 0 Å². The van der Waals surface area contributed by atoms with Crippen molar-refractivity contribution in [3.8, 4) is 0 Å². The maximum atomic E-state index is 2.31. The predicted molar refractivity (Wildman–Crippen MR) is 80.5 cm³/mol. The smallest absolute Gasteiger partial charge is 0.0303 e. The van der Waals surface area contributed by atoms with Crippen LogP contribution in [-0.2, 0) is 25.7 Å². The van der Waals surface area contributed by atoms with Gasteiger partial charge >= 0.3 is 0 Å². The zero-order valence-corrected chi connectivity index (χ0v) is 13.0. The van der Waals surface area contributed by atoms with Gasteiger partial charge in [0.2, 0.25) is 0 Å². The third kappa shape index (κ3) is 3.88. The van der Waals surface area contributed by atoms with Gasteiger partial charge in [-0.25, -0.2) is 10.6 Å². The van der Waals surface area contributed by atoms with E-state index in [4.69, 9.17) is 0 Å². The quantitative estimate of drug-likeness (QED) is 0.548. The first-order chi connectivity index (χ1) is 8.28. The first kappa shape index (κ1) is 14.8. The van der Waals surface area contributed by atoms with Crippen LogP contribution in [0.1, 0.15) is 75.1 Å². The molecule has 0 atom stereocenters. The van der Waals surface area contributed by atoms with Gasteiger partial charge < -0.3 is 8.19 Å². The zero-order chi connectivity index (χ0) is 12.7. The summed E-state index contributed by atoms with van der Waals surface area (Å²) in [5.74, 6) is 0. The molecular formula is C16H28P-. The molecule has 1 heteroatoms. The van der Waals surface area contributed by atoms with E-state index >= 15 is 0 Å². The van der Waals surface area contributed by atoms with Crippen molar-refractivity contribution >= 4 is 8.19 Å². The fraction of sp³-hybridized carbons (Fsp3) is 0.750. The average molecular weight is 251 g/mol. The predicted octanol–water partition coefficient (Wildman–Crippen LogP) is 5.80. The highest BCUT2D eigenvalue weighted by molar-refractivity contribution is 7.32. The van der Waals surface area contributed by atoms with Crippen LogP contribution in [0.4, 0.5) is 0 Å². The Hall–Kier alpha value is -0.220. The lowest BCUT2D eigenvalue weighted by atomic mass is 9.97. The van der Waals surface area contributed by atoms with Crippen molar-refractivity contribution < 1.29 is 0 Å². The van der Waals surface area contributed by atoms with Gasteiger partial charge in [0, 0.05) is 0 Å². The first-order valence-electron chi connectivity index (χ1n) is 7.44. The molecule has 1 rings (SSSR count). The molecule has 0 radical (unpaired) electrons. The Morgan fingerprint density at radius 2 is 0.941 bits per heavy atom. The Bertz CT molecular complexity index is 292. The Balaban J connectivity index is 3.07. The van der Waals surface area contributed by atoms with Gasteiger partial charge in [-0.2, -0.15) is 0 Å². The fourth-order valence-corrected chi connectivity index (χ4v) is 4.38. The second kappa shape index (κ2) is 7.98. The van der Waals surface area contributed by atoms with E-state index in [1.807, 2.05) is 0 Å². The van der Waals surface area contributed by atoms with Crippen LogP contribution >= 0.6 is 8.19 Å². The molecule has 0 saturated carbocycles. The van der Waals surface area contributed by atoms with Crippen LogP contribution in [0.25, 0.3) is 0 Å². The Kier molecular flexibility index (Phi) is 6.97. The number of rotatable bonds is 8. The summed E-state index contributed by atoms with van der Waals surface area (Å²) in [6.45, 7) is 9.25. The standard InChI is InChI=1S/C16H28P/c1-5-9-13-14(10-6-2)16(12-8-4)17-15(13)11-7-3/h5-12H2,1-4H3/q-1. The van der Waals surface area contributed by atoms with Crippen LogP contribution in [0.15, 0.2) is 0 Å². The highest BCUT2D eigenvalue weighted by atomic mass is 31.0. The molecule has 1 aromatic rings. The van der Waals surface area contributed by atoms with Gasteiger partial charge in [0.1, 0.15) is 0 Å². The minimum atomic E-state index is 1.30. The van der Waals surface area contributed by atoms with Crippen LogP contribution in [0, 0.1) is 0 Å². The van der Waals surface area contributed by atoms with E-state index < -0.39 is 0 Å². The summed E-state index contributed by atoms with van der Waals surface area (Å²) in [6, 6.07) is 0. The Morgan fingerprint density at radius 3 is 1.24 bits per heavy atom. The van der Waals surface area contributed by atoms with E-state index in [1.165, 1.54) is 51.4 Å². The van der Waals surface area contributed by atoms with Crippen LogP contribution in [0.5, 0.6) is 0 Å². The summed E-state index contributed by atoms with van der Waals surface area (Å²) in [5.41, 5.74) is 3.50. The lowest BCUT2D eigenvalue weighted by Crippen LogP contribution is -1.96. The maximum absolute atomic E-state index is 2.31. The lowest BCUT2D eigenvalue weighted by molar-refractivity contribution is 0.828. The van der Waals surface area contributed by atoms with Crippen molar-refractivity contribution in [1.82, 2.24) is 0 Å². The van der Waals surface area contributed by atoms with E-state index in [1.54, 1.807) is 29.9 Å². The van der Waals surface area contributed by atoms with Gasteiger partial charge in [-0.05, 0) is 12.8 Å². The third-order valence-corrected chi connectivity index (χ3v) is 4.83. The SMILES string of the molecule is CCCc1[p-]c(CCC)c(CCC)c1CCC. The molecule has 98 valence electrons.